The standard InChI is InChI=1S/C34H42O21/c1-9-19(38)24(43)27(46)32(49-9)55-31-26(45)20(39)10(2)50-34(31)54-30-23(42)18-13(37)6-12(36)7-14(18)51-29(30)11-4-15(48-3)21(40)16(5-11)52-33-28(47)25(44)22(41)17(8-35)53-33/h4-7,9-10,17,19-20,22,24-28,31-41,43-47H,8H2,1-3H3. The van der Waals surface area contributed by atoms with Crippen LogP contribution >= 0.6 is 0 Å². The van der Waals surface area contributed by atoms with E-state index in [1.807, 2.05) is 0 Å². The maximum atomic E-state index is 14.2. The fraction of sp³-hybridized carbons (Fsp3) is 0.559. The number of phenolic OH excluding ortho intramolecular Hbond substituents is 3. The summed E-state index contributed by atoms with van der Waals surface area (Å²) in [5.41, 5.74) is -1.70. The highest BCUT2D eigenvalue weighted by Gasteiger charge is 2.51. The van der Waals surface area contributed by atoms with Crippen LogP contribution in [0, 0.1) is 0 Å². The minimum atomic E-state index is -1.92. The van der Waals surface area contributed by atoms with E-state index in [1.54, 1.807) is 0 Å². The second-order valence-corrected chi connectivity index (χ2v) is 13.4. The topological polar surface area (TPSA) is 338 Å². The van der Waals surface area contributed by atoms with Gasteiger partial charge in [-0.15, -0.1) is 0 Å². The molecule has 21 nitrogen and oxygen atoms in total. The molecular weight excluding hydrogens is 744 g/mol. The van der Waals surface area contributed by atoms with Crippen molar-refractivity contribution in [3.63, 3.8) is 0 Å². The molecule has 15 unspecified atom stereocenters. The Balaban J connectivity index is 1.46. The minimum Gasteiger partial charge on any atom is -0.508 e. The van der Waals surface area contributed by atoms with Crippen molar-refractivity contribution >= 4 is 11.0 Å². The summed E-state index contributed by atoms with van der Waals surface area (Å²) in [7, 11) is 1.14. The van der Waals surface area contributed by atoms with Crippen LogP contribution in [0.3, 0.4) is 0 Å². The van der Waals surface area contributed by atoms with E-state index in [0.717, 1.165) is 31.4 Å². The second kappa shape index (κ2) is 15.8. The number of phenols is 3. The Hall–Kier alpha value is -4.07. The van der Waals surface area contributed by atoms with Gasteiger partial charge in [-0.05, 0) is 26.0 Å². The highest BCUT2D eigenvalue weighted by molar-refractivity contribution is 5.88. The third kappa shape index (κ3) is 7.47. The fourth-order valence-electron chi connectivity index (χ4n) is 6.45. The van der Waals surface area contributed by atoms with E-state index in [4.69, 9.17) is 37.6 Å². The molecule has 3 aliphatic heterocycles. The molecular formula is C34H42O21. The van der Waals surface area contributed by atoms with Crippen molar-refractivity contribution in [3.05, 3.63) is 34.5 Å². The monoisotopic (exact) mass is 786 g/mol. The van der Waals surface area contributed by atoms with Gasteiger partial charge in [0, 0.05) is 17.7 Å². The number of rotatable bonds is 9. The molecule has 2 aromatic carbocycles. The zero-order valence-corrected chi connectivity index (χ0v) is 29.2. The van der Waals surface area contributed by atoms with Gasteiger partial charge in [-0.3, -0.25) is 4.79 Å². The van der Waals surface area contributed by atoms with Gasteiger partial charge in [-0.2, -0.15) is 0 Å². The van der Waals surface area contributed by atoms with Crippen molar-refractivity contribution in [2.45, 2.75) is 106 Å². The van der Waals surface area contributed by atoms with Crippen LogP contribution in [-0.2, 0) is 18.9 Å². The molecule has 0 radical (unpaired) electrons. The first-order chi connectivity index (χ1) is 26.0. The van der Waals surface area contributed by atoms with Crippen molar-refractivity contribution in [2.24, 2.45) is 0 Å². The van der Waals surface area contributed by atoms with Crippen molar-refractivity contribution in [3.8, 4) is 45.8 Å². The van der Waals surface area contributed by atoms with E-state index < -0.39 is 150 Å². The summed E-state index contributed by atoms with van der Waals surface area (Å²) in [5, 5.41) is 125. The SMILES string of the molecule is COc1cc(-c2oc3cc(O)cc(O)c3c(=O)c2OC2OC(C)C(O)C(O)C2OC2OC(C)C(O)C(O)C2O)cc(OC2OC(CO)C(O)C(O)C2O)c1O. The lowest BCUT2D eigenvalue weighted by Gasteiger charge is -2.45. The number of aliphatic hydroxyl groups is 9. The molecule has 3 aliphatic rings. The Kier molecular flexibility index (Phi) is 11.7. The first-order valence-corrected chi connectivity index (χ1v) is 16.9. The van der Waals surface area contributed by atoms with Gasteiger partial charge in [-0.1, -0.05) is 0 Å². The zero-order valence-electron chi connectivity index (χ0n) is 29.2. The Morgan fingerprint density at radius 3 is 1.93 bits per heavy atom. The fourth-order valence-corrected chi connectivity index (χ4v) is 6.45. The molecule has 4 heterocycles. The maximum absolute atomic E-state index is 14.2. The molecule has 6 rings (SSSR count). The first kappa shape index (κ1) is 40.6. The molecule has 0 saturated carbocycles. The number of methoxy groups -OCH3 is 1. The molecule has 15 atom stereocenters. The molecule has 1 aromatic heterocycles. The summed E-state index contributed by atoms with van der Waals surface area (Å²) in [6.45, 7) is 1.92. The van der Waals surface area contributed by atoms with Crippen LogP contribution in [0.15, 0.2) is 33.5 Å². The molecule has 3 saturated heterocycles. The lowest BCUT2D eigenvalue weighted by atomic mass is 9.98. The van der Waals surface area contributed by atoms with Crippen LogP contribution < -0.4 is 19.6 Å². The number of aliphatic hydroxyl groups excluding tert-OH is 9. The van der Waals surface area contributed by atoms with E-state index in [-0.39, 0.29) is 11.3 Å². The molecule has 0 bridgehead atoms. The van der Waals surface area contributed by atoms with Crippen LogP contribution in [0.2, 0.25) is 0 Å². The van der Waals surface area contributed by atoms with Crippen molar-refractivity contribution < 1.29 is 98.9 Å². The summed E-state index contributed by atoms with van der Waals surface area (Å²) in [4.78, 5) is 14.2. The number of benzene rings is 2. The molecule has 21 heteroatoms. The van der Waals surface area contributed by atoms with Gasteiger partial charge in [-0.25, -0.2) is 0 Å². The number of hydrogen-bond donors (Lipinski definition) is 12. The Morgan fingerprint density at radius 1 is 0.673 bits per heavy atom. The third-order valence-corrected chi connectivity index (χ3v) is 9.65. The van der Waals surface area contributed by atoms with E-state index >= 15 is 0 Å². The predicted molar refractivity (Wildman–Crippen MR) is 178 cm³/mol. The van der Waals surface area contributed by atoms with Crippen LogP contribution in [0.5, 0.6) is 34.5 Å². The van der Waals surface area contributed by atoms with Gasteiger partial charge in [0.25, 0.3) is 0 Å². The molecule has 55 heavy (non-hydrogen) atoms. The second-order valence-electron chi connectivity index (χ2n) is 13.4. The summed E-state index contributed by atoms with van der Waals surface area (Å²) < 4.78 is 45.4. The van der Waals surface area contributed by atoms with Gasteiger partial charge < -0.3 is 98.9 Å². The number of fused-ring (bicyclic) bond motifs is 1. The maximum Gasteiger partial charge on any atom is 0.239 e. The summed E-state index contributed by atoms with van der Waals surface area (Å²) in [5.74, 6) is -4.16. The summed E-state index contributed by atoms with van der Waals surface area (Å²) >= 11 is 0. The average molecular weight is 787 g/mol. The lowest BCUT2D eigenvalue weighted by Crippen LogP contribution is -2.63. The van der Waals surface area contributed by atoms with Gasteiger partial charge in [0.05, 0.1) is 25.9 Å². The summed E-state index contributed by atoms with van der Waals surface area (Å²) in [6.07, 6.45) is -25.1. The van der Waals surface area contributed by atoms with Crippen LogP contribution in [0.4, 0.5) is 0 Å². The minimum absolute atomic E-state index is 0.204. The Labute approximate surface area is 309 Å². The van der Waals surface area contributed by atoms with E-state index in [1.165, 1.54) is 13.8 Å². The predicted octanol–water partition coefficient (Wildman–Crippen LogP) is -3.18. The normalized spacial score (nSPS) is 36.8. The van der Waals surface area contributed by atoms with Gasteiger partial charge >= 0.3 is 0 Å². The number of hydrogen-bond acceptors (Lipinski definition) is 21. The van der Waals surface area contributed by atoms with Crippen molar-refractivity contribution in [1.82, 2.24) is 0 Å². The molecule has 12 N–H and O–H groups in total. The smallest absolute Gasteiger partial charge is 0.239 e. The van der Waals surface area contributed by atoms with E-state index in [9.17, 15) is 66.1 Å². The molecule has 0 amide bonds. The first-order valence-electron chi connectivity index (χ1n) is 16.9. The van der Waals surface area contributed by atoms with Crippen LogP contribution in [0.25, 0.3) is 22.3 Å². The quantitative estimate of drug-likeness (QED) is 0.102. The Morgan fingerprint density at radius 2 is 1.27 bits per heavy atom. The Bertz CT molecular complexity index is 1900. The molecule has 0 spiro atoms. The highest BCUT2D eigenvalue weighted by Crippen LogP contribution is 2.45. The summed E-state index contributed by atoms with van der Waals surface area (Å²) in [6, 6.07) is 4.00. The zero-order chi connectivity index (χ0) is 40.2. The van der Waals surface area contributed by atoms with Crippen LogP contribution in [0.1, 0.15) is 13.8 Å². The van der Waals surface area contributed by atoms with E-state index in [2.05, 4.69) is 0 Å². The molecule has 0 aliphatic carbocycles. The van der Waals surface area contributed by atoms with Crippen LogP contribution in [-0.4, -0.2) is 167 Å². The largest absolute Gasteiger partial charge is 0.508 e. The molecule has 3 aromatic rings. The van der Waals surface area contributed by atoms with Crippen molar-refractivity contribution in [1.29, 1.82) is 0 Å². The average Bonchev–Trinajstić information content (AvgIpc) is 3.14. The van der Waals surface area contributed by atoms with E-state index in [0.29, 0.717) is 0 Å². The van der Waals surface area contributed by atoms with Gasteiger partial charge in [0.1, 0.15) is 77.4 Å². The van der Waals surface area contributed by atoms with Gasteiger partial charge in [0.2, 0.25) is 29.5 Å². The van der Waals surface area contributed by atoms with Gasteiger partial charge in [0.15, 0.2) is 29.7 Å². The molecule has 304 valence electrons. The number of aromatic hydroxyl groups is 3. The van der Waals surface area contributed by atoms with Crippen molar-refractivity contribution in [2.75, 3.05) is 13.7 Å². The molecule has 3 fully saturated rings. The lowest BCUT2D eigenvalue weighted by molar-refractivity contribution is -0.352. The highest BCUT2D eigenvalue weighted by atomic mass is 16.8. The number of ether oxygens (including phenoxy) is 7. The third-order valence-electron chi connectivity index (χ3n) is 9.65.